The number of benzene rings is 1. The Morgan fingerprint density at radius 1 is 1.35 bits per heavy atom. The number of nitrogens with zero attached hydrogens (tertiary/aromatic N) is 2. The molecule has 4 nitrogen and oxygen atoms in total. The van der Waals surface area contributed by atoms with E-state index >= 15 is 0 Å². The van der Waals surface area contributed by atoms with Crippen LogP contribution in [0.15, 0.2) is 29.1 Å². The number of nitrogens with two attached hydrogens (primary N) is 1. The van der Waals surface area contributed by atoms with Gasteiger partial charge < -0.3 is 10.3 Å². The van der Waals surface area contributed by atoms with Gasteiger partial charge in [0.1, 0.15) is 5.69 Å². The molecule has 0 aliphatic heterocycles. The van der Waals surface area contributed by atoms with Gasteiger partial charge in [-0.05, 0) is 32.9 Å². The van der Waals surface area contributed by atoms with Crippen LogP contribution in [-0.4, -0.2) is 15.1 Å². The van der Waals surface area contributed by atoms with E-state index in [4.69, 9.17) is 5.73 Å². The van der Waals surface area contributed by atoms with Gasteiger partial charge >= 0.3 is 0 Å². The molecule has 2 N–H and O–H groups in total. The zero-order valence-electron chi connectivity index (χ0n) is 10.4. The van der Waals surface area contributed by atoms with Gasteiger partial charge in [-0.25, -0.2) is 4.98 Å². The molecule has 17 heavy (non-hydrogen) atoms. The lowest BCUT2D eigenvalue weighted by Crippen LogP contribution is -2.41. The van der Waals surface area contributed by atoms with E-state index in [1.165, 1.54) is 0 Å². The van der Waals surface area contributed by atoms with Crippen molar-refractivity contribution >= 4 is 11.0 Å². The van der Waals surface area contributed by atoms with Crippen molar-refractivity contribution in [3.8, 4) is 0 Å². The molecule has 4 heteroatoms. The van der Waals surface area contributed by atoms with Crippen LogP contribution in [0.4, 0.5) is 0 Å². The second-order valence-electron chi connectivity index (χ2n) is 5.07. The number of aryl methyl sites for hydroxylation is 1. The highest BCUT2D eigenvalue weighted by atomic mass is 16.1. The molecular weight excluding hydrogens is 214 g/mol. The normalized spacial score (nSPS) is 12.0. The van der Waals surface area contributed by atoms with E-state index in [2.05, 4.69) is 4.98 Å². The van der Waals surface area contributed by atoms with Crippen molar-refractivity contribution < 1.29 is 0 Å². The third-order valence-corrected chi connectivity index (χ3v) is 2.58. The molecule has 0 radical (unpaired) electrons. The fourth-order valence-electron chi connectivity index (χ4n) is 1.88. The van der Waals surface area contributed by atoms with Crippen LogP contribution in [0.25, 0.3) is 11.0 Å². The molecule has 1 aromatic heterocycles. The average molecular weight is 231 g/mol. The zero-order chi connectivity index (χ0) is 12.6. The summed E-state index contributed by atoms with van der Waals surface area (Å²) in [6, 6.07) is 7.62. The van der Waals surface area contributed by atoms with Crippen LogP contribution in [0.2, 0.25) is 0 Å². The molecule has 2 aromatic rings. The number of aromatic nitrogens is 2. The Morgan fingerprint density at radius 2 is 2.00 bits per heavy atom. The molecule has 0 fully saturated rings. The van der Waals surface area contributed by atoms with Crippen molar-refractivity contribution in [2.45, 2.75) is 32.9 Å². The molecule has 0 spiro atoms. The van der Waals surface area contributed by atoms with Gasteiger partial charge in [-0.1, -0.05) is 12.1 Å². The molecule has 0 aliphatic rings. The second-order valence-corrected chi connectivity index (χ2v) is 5.07. The summed E-state index contributed by atoms with van der Waals surface area (Å²) < 4.78 is 1.71. The fraction of sp³-hybridized carbons (Fsp3) is 0.385. The number of rotatable bonds is 2. The van der Waals surface area contributed by atoms with Crippen LogP contribution < -0.4 is 11.3 Å². The van der Waals surface area contributed by atoms with Gasteiger partial charge in [-0.15, -0.1) is 0 Å². The molecule has 0 amide bonds. The summed E-state index contributed by atoms with van der Waals surface area (Å²) in [7, 11) is 0. The smallest absolute Gasteiger partial charge is 0.272 e. The van der Waals surface area contributed by atoms with E-state index in [-0.39, 0.29) is 5.56 Å². The van der Waals surface area contributed by atoms with Crippen molar-refractivity contribution in [2.24, 2.45) is 5.73 Å². The summed E-state index contributed by atoms with van der Waals surface area (Å²) in [6.07, 6.45) is 0. The summed E-state index contributed by atoms with van der Waals surface area (Å²) in [5, 5.41) is 0. The minimum absolute atomic E-state index is 0.0674. The van der Waals surface area contributed by atoms with E-state index in [1.807, 2.05) is 38.1 Å². The predicted octanol–water partition coefficient (Wildman–Crippen LogP) is 1.44. The lowest BCUT2D eigenvalue weighted by Gasteiger charge is -2.21. The van der Waals surface area contributed by atoms with E-state index in [9.17, 15) is 4.79 Å². The molecule has 0 saturated heterocycles. The highest BCUT2D eigenvalue weighted by Crippen LogP contribution is 2.12. The van der Waals surface area contributed by atoms with Crippen LogP contribution >= 0.6 is 0 Å². The Balaban J connectivity index is 2.75. The maximum absolute atomic E-state index is 12.1. The van der Waals surface area contributed by atoms with Gasteiger partial charge in [0, 0.05) is 12.1 Å². The number of fused-ring (bicyclic) bond motifs is 1. The van der Waals surface area contributed by atoms with Crippen molar-refractivity contribution in [1.82, 2.24) is 9.55 Å². The zero-order valence-corrected chi connectivity index (χ0v) is 10.4. The number of hydrogen-bond donors (Lipinski definition) is 1. The standard InChI is InChI=1S/C13H17N3O/c1-9-12(17)16(8-13(2,3)14)11-7-5-4-6-10(11)15-9/h4-7H,8,14H2,1-3H3. The van der Waals surface area contributed by atoms with Gasteiger partial charge in [0.05, 0.1) is 11.0 Å². The van der Waals surface area contributed by atoms with Gasteiger partial charge in [0.15, 0.2) is 0 Å². The third kappa shape index (κ3) is 2.36. The number of para-hydroxylation sites is 2. The summed E-state index contributed by atoms with van der Waals surface area (Å²) in [5.74, 6) is 0. The van der Waals surface area contributed by atoms with Gasteiger partial charge in [0.25, 0.3) is 5.56 Å². The molecule has 0 bridgehead atoms. The lowest BCUT2D eigenvalue weighted by atomic mass is 10.1. The third-order valence-electron chi connectivity index (χ3n) is 2.58. The largest absolute Gasteiger partial charge is 0.324 e. The van der Waals surface area contributed by atoms with E-state index in [1.54, 1.807) is 11.5 Å². The SMILES string of the molecule is Cc1nc2ccccc2n(CC(C)(C)N)c1=O. The monoisotopic (exact) mass is 231 g/mol. The number of hydrogen-bond acceptors (Lipinski definition) is 3. The molecule has 0 saturated carbocycles. The van der Waals surface area contributed by atoms with Crippen molar-refractivity contribution in [2.75, 3.05) is 0 Å². The Labute approximate surface area is 100 Å². The van der Waals surface area contributed by atoms with Gasteiger partial charge in [-0.2, -0.15) is 0 Å². The first kappa shape index (κ1) is 11.8. The maximum atomic E-state index is 12.1. The summed E-state index contributed by atoms with van der Waals surface area (Å²) in [6.45, 7) is 6.03. The van der Waals surface area contributed by atoms with E-state index in [0.717, 1.165) is 11.0 Å². The molecule has 0 unspecified atom stereocenters. The predicted molar refractivity (Wildman–Crippen MR) is 69.0 cm³/mol. The highest BCUT2D eigenvalue weighted by molar-refractivity contribution is 5.74. The first-order valence-corrected chi connectivity index (χ1v) is 5.63. The van der Waals surface area contributed by atoms with Crippen LogP contribution in [0, 0.1) is 6.92 Å². The van der Waals surface area contributed by atoms with Crippen molar-refractivity contribution in [3.63, 3.8) is 0 Å². The Bertz CT molecular complexity index is 608. The Kier molecular flexibility index (Phi) is 2.75. The van der Waals surface area contributed by atoms with Crippen molar-refractivity contribution in [3.05, 3.63) is 40.3 Å². The second kappa shape index (κ2) is 3.96. The molecule has 90 valence electrons. The summed E-state index contributed by atoms with van der Waals surface area (Å²) in [4.78, 5) is 16.4. The average Bonchev–Trinajstić information content (AvgIpc) is 2.23. The van der Waals surface area contributed by atoms with E-state index < -0.39 is 5.54 Å². The summed E-state index contributed by atoms with van der Waals surface area (Å²) in [5.41, 5.74) is 7.67. The fourth-order valence-corrected chi connectivity index (χ4v) is 1.88. The molecular formula is C13H17N3O. The molecule has 1 aromatic carbocycles. The Morgan fingerprint density at radius 3 is 2.65 bits per heavy atom. The lowest BCUT2D eigenvalue weighted by molar-refractivity contribution is 0.433. The van der Waals surface area contributed by atoms with Crippen LogP contribution in [-0.2, 0) is 6.54 Å². The highest BCUT2D eigenvalue weighted by Gasteiger charge is 2.15. The van der Waals surface area contributed by atoms with Gasteiger partial charge in [-0.3, -0.25) is 4.79 Å². The van der Waals surface area contributed by atoms with Crippen LogP contribution in [0.3, 0.4) is 0 Å². The molecule has 0 atom stereocenters. The molecule has 2 rings (SSSR count). The van der Waals surface area contributed by atoms with Gasteiger partial charge in [0.2, 0.25) is 0 Å². The summed E-state index contributed by atoms with van der Waals surface area (Å²) >= 11 is 0. The van der Waals surface area contributed by atoms with Crippen LogP contribution in [0.5, 0.6) is 0 Å². The minimum atomic E-state index is -0.430. The molecule has 1 heterocycles. The first-order valence-electron chi connectivity index (χ1n) is 5.63. The topological polar surface area (TPSA) is 60.9 Å². The quantitative estimate of drug-likeness (QED) is 0.850. The maximum Gasteiger partial charge on any atom is 0.272 e. The Hall–Kier alpha value is -1.68. The van der Waals surface area contributed by atoms with E-state index in [0.29, 0.717) is 12.2 Å². The first-order chi connectivity index (χ1) is 7.88. The molecule has 0 aliphatic carbocycles. The van der Waals surface area contributed by atoms with Crippen molar-refractivity contribution in [1.29, 1.82) is 0 Å². The van der Waals surface area contributed by atoms with Crippen LogP contribution in [0.1, 0.15) is 19.5 Å². The minimum Gasteiger partial charge on any atom is -0.324 e.